The van der Waals surface area contributed by atoms with Crippen LogP contribution in [0.15, 0.2) is 18.2 Å². The van der Waals surface area contributed by atoms with Gasteiger partial charge in [0.25, 0.3) is 0 Å². The zero-order valence-corrected chi connectivity index (χ0v) is 8.50. The highest BCUT2D eigenvalue weighted by Gasteiger charge is 2.06. The highest BCUT2D eigenvalue weighted by Crippen LogP contribution is 2.24. The molecule has 0 spiro atoms. The summed E-state index contributed by atoms with van der Waals surface area (Å²) in [6.45, 7) is 4.31. The van der Waals surface area contributed by atoms with Gasteiger partial charge in [0.1, 0.15) is 11.5 Å². The summed E-state index contributed by atoms with van der Waals surface area (Å²) in [6, 6.07) is 4.80. The number of hydrogen-bond acceptors (Lipinski definition) is 3. The van der Waals surface area contributed by atoms with Gasteiger partial charge in [0.05, 0.1) is 6.61 Å². The Labute approximate surface area is 83.8 Å². The summed E-state index contributed by atoms with van der Waals surface area (Å²) >= 11 is 0. The van der Waals surface area contributed by atoms with E-state index in [2.05, 4.69) is 0 Å². The maximum absolute atomic E-state index is 9.27. The van der Waals surface area contributed by atoms with Gasteiger partial charge in [-0.1, -0.05) is 6.92 Å². The predicted octanol–water partition coefficient (Wildman–Crippen LogP) is 2.57. The molecule has 0 atom stereocenters. The highest BCUT2D eigenvalue weighted by molar-refractivity contribution is 5.98. The molecule has 0 radical (unpaired) electrons. The Morgan fingerprint density at radius 3 is 2.79 bits per heavy atom. The van der Waals surface area contributed by atoms with E-state index in [1.807, 2.05) is 6.92 Å². The van der Waals surface area contributed by atoms with Crippen molar-refractivity contribution >= 4 is 5.71 Å². The number of benzene rings is 1. The van der Waals surface area contributed by atoms with Gasteiger partial charge in [0.15, 0.2) is 0 Å². The molecule has 0 aliphatic carbocycles. The van der Waals surface area contributed by atoms with Crippen LogP contribution in [0.25, 0.3) is 0 Å². The minimum absolute atomic E-state index is 0.168. The fourth-order valence-electron chi connectivity index (χ4n) is 1.15. The number of hydrogen-bond donors (Lipinski definition) is 2. The van der Waals surface area contributed by atoms with Gasteiger partial charge >= 0.3 is 0 Å². The molecule has 0 saturated heterocycles. The van der Waals surface area contributed by atoms with Crippen LogP contribution in [-0.2, 0) is 0 Å². The SMILES string of the molecule is CCCOc1cc(O)ccc1C(C)=N. The van der Waals surface area contributed by atoms with Crippen molar-refractivity contribution in [3.8, 4) is 11.5 Å². The van der Waals surface area contributed by atoms with Crippen molar-refractivity contribution in [3.63, 3.8) is 0 Å². The average molecular weight is 193 g/mol. The third-order valence-electron chi connectivity index (χ3n) is 1.83. The van der Waals surface area contributed by atoms with Gasteiger partial charge in [-0.2, -0.15) is 0 Å². The van der Waals surface area contributed by atoms with Crippen molar-refractivity contribution in [1.82, 2.24) is 0 Å². The second-order valence-electron chi connectivity index (χ2n) is 3.15. The van der Waals surface area contributed by atoms with E-state index in [4.69, 9.17) is 10.1 Å². The van der Waals surface area contributed by atoms with E-state index in [-0.39, 0.29) is 5.75 Å². The molecule has 0 aliphatic rings. The molecule has 0 aromatic heterocycles. The minimum Gasteiger partial charge on any atom is -0.508 e. The summed E-state index contributed by atoms with van der Waals surface area (Å²) in [5.41, 5.74) is 1.17. The van der Waals surface area contributed by atoms with Crippen molar-refractivity contribution in [1.29, 1.82) is 5.41 Å². The largest absolute Gasteiger partial charge is 0.508 e. The van der Waals surface area contributed by atoms with Crippen LogP contribution in [-0.4, -0.2) is 17.4 Å². The predicted molar refractivity (Wildman–Crippen MR) is 56.4 cm³/mol. The maximum Gasteiger partial charge on any atom is 0.131 e. The van der Waals surface area contributed by atoms with Crippen LogP contribution in [0.2, 0.25) is 0 Å². The fraction of sp³-hybridized carbons (Fsp3) is 0.364. The van der Waals surface area contributed by atoms with Crippen LogP contribution in [0.3, 0.4) is 0 Å². The van der Waals surface area contributed by atoms with Crippen LogP contribution in [0.5, 0.6) is 11.5 Å². The van der Waals surface area contributed by atoms with Crippen molar-refractivity contribution in [2.45, 2.75) is 20.3 Å². The summed E-state index contributed by atoms with van der Waals surface area (Å²) in [4.78, 5) is 0. The first-order valence-electron chi connectivity index (χ1n) is 4.66. The second-order valence-corrected chi connectivity index (χ2v) is 3.15. The first-order valence-corrected chi connectivity index (χ1v) is 4.66. The zero-order valence-electron chi connectivity index (χ0n) is 8.50. The number of rotatable bonds is 4. The van der Waals surface area contributed by atoms with Gasteiger partial charge in [-0.25, -0.2) is 0 Å². The molecule has 0 bridgehead atoms. The van der Waals surface area contributed by atoms with Crippen LogP contribution in [0.1, 0.15) is 25.8 Å². The molecule has 0 aliphatic heterocycles. The van der Waals surface area contributed by atoms with Crippen molar-refractivity contribution in [3.05, 3.63) is 23.8 Å². The normalized spacial score (nSPS) is 9.86. The number of phenolic OH excluding ortho intramolecular Hbond substituents is 1. The van der Waals surface area contributed by atoms with Crippen LogP contribution in [0, 0.1) is 5.41 Å². The Morgan fingerprint density at radius 2 is 2.21 bits per heavy atom. The Morgan fingerprint density at radius 1 is 1.50 bits per heavy atom. The molecule has 0 heterocycles. The van der Waals surface area contributed by atoms with Crippen molar-refractivity contribution in [2.75, 3.05) is 6.61 Å². The molecule has 1 aromatic rings. The van der Waals surface area contributed by atoms with E-state index in [1.165, 1.54) is 0 Å². The van der Waals surface area contributed by atoms with Crippen LogP contribution in [0.4, 0.5) is 0 Å². The van der Waals surface area contributed by atoms with Crippen molar-refractivity contribution in [2.24, 2.45) is 0 Å². The first kappa shape index (κ1) is 10.6. The van der Waals surface area contributed by atoms with E-state index in [0.717, 1.165) is 12.0 Å². The van der Waals surface area contributed by atoms with Crippen molar-refractivity contribution < 1.29 is 9.84 Å². The quantitative estimate of drug-likeness (QED) is 0.722. The van der Waals surface area contributed by atoms with Gasteiger partial charge < -0.3 is 15.3 Å². The van der Waals surface area contributed by atoms with Gasteiger partial charge in [-0.3, -0.25) is 0 Å². The number of nitrogens with one attached hydrogen (secondary N) is 1. The Hall–Kier alpha value is -1.51. The smallest absolute Gasteiger partial charge is 0.131 e. The molecule has 0 fully saturated rings. The Balaban J connectivity index is 2.97. The fourth-order valence-corrected chi connectivity index (χ4v) is 1.15. The molecule has 0 unspecified atom stereocenters. The lowest BCUT2D eigenvalue weighted by atomic mass is 10.1. The van der Waals surface area contributed by atoms with E-state index in [0.29, 0.717) is 18.1 Å². The van der Waals surface area contributed by atoms with Gasteiger partial charge in [0.2, 0.25) is 0 Å². The molecule has 1 aromatic carbocycles. The third kappa shape index (κ3) is 2.49. The summed E-state index contributed by atoms with van der Waals surface area (Å²) in [7, 11) is 0. The van der Waals surface area contributed by atoms with Crippen LogP contribution < -0.4 is 4.74 Å². The molecule has 3 heteroatoms. The lowest BCUT2D eigenvalue weighted by Gasteiger charge is -2.10. The minimum atomic E-state index is 0.168. The lowest BCUT2D eigenvalue weighted by molar-refractivity contribution is 0.315. The number of aromatic hydroxyl groups is 1. The zero-order chi connectivity index (χ0) is 10.6. The van der Waals surface area contributed by atoms with Gasteiger partial charge in [-0.15, -0.1) is 0 Å². The molecule has 76 valence electrons. The Kier molecular flexibility index (Phi) is 3.51. The molecular formula is C11H15NO2. The summed E-state index contributed by atoms with van der Waals surface area (Å²) in [6.07, 6.45) is 0.909. The monoisotopic (exact) mass is 193 g/mol. The molecule has 2 N–H and O–H groups in total. The first-order chi connectivity index (χ1) is 6.65. The molecule has 14 heavy (non-hydrogen) atoms. The third-order valence-corrected chi connectivity index (χ3v) is 1.83. The Bertz CT molecular complexity index is 334. The molecule has 1 rings (SSSR count). The molecule has 3 nitrogen and oxygen atoms in total. The van der Waals surface area contributed by atoms with E-state index < -0.39 is 0 Å². The maximum atomic E-state index is 9.27. The van der Waals surface area contributed by atoms with E-state index in [9.17, 15) is 5.11 Å². The highest BCUT2D eigenvalue weighted by atomic mass is 16.5. The topological polar surface area (TPSA) is 53.3 Å². The number of phenols is 1. The standard InChI is InChI=1S/C11H15NO2/c1-3-6-14-11-7-9(13)4-5-10(11)8(2)12/h4-5,7,12-13H,3,6H2,1-2H3. The molecule has 0 saturated carbocycles. The number of ether oxygens (including phenoxy) is 1. The lowest BCUT2D eigenvalue weighted by Crippen LogP contribution is -2.01. The molecule has 0 amide bonds. The average Bonchev–Trinajstić information content (AvgIpc) is 2.14. The summed E-state index contributed by atoms with van der Waals surface area (Å²) in [5.74, 6) is 0.750. The summed E-state index contributed by atoms with van der Waals surface area (Å²) in [5, 5.41) is 16.8. The molecular weight excluding hydrogens is 178 g/mol. The summed E-state index contributed by atoms with van der Waals surface area (Å²) < 4.78 is 5.43. The van der Waals surface area contributed by atoms with Crippen LogP contribution >= 0.6 is 0 Å². The van der Waals surface area contributed by atoms with Gasteiger partial charge in [0, 0.05) is 17.3 Å². The van der Waals surface area contributed by atoms with E-state index >= 15 is 0 Å². The van der Waals surface area contributed by atoms with E-state index in [1.54, 1.807) is 25.1 Å². The van der Waals surface area contributed by atoms with Gasteiger partial charge in [-0.05, 0) is 25.5 Å². The second kappa shape index (κ2) is 4.65.